The molecule has 0 aliphatic carbocycles. The molecule has 2 fully saturated rings. The van der Waals surface area contributed by atoms with Gasteiger partial charge in [0.1, 0.15) is 0 Å². The third kappa shape index (κ3) is 6.05. The maximum atomic E-state index is 12.7. The van der Waals surface area contributed by atoms with Gasteiger partial charge in [0, 0.05) is 58.2 Å². The second kappa shape index (κ2) is 11.1. The van der Waals surface area contributed by atoms with Crippen LogP contribution in [0.4, 0.5) is 5.13 Å². The van der Waals surface area contributed by atoms with Crippen LogP contribution in [0.5, 0.6) is 0 Å². The van der Waals surface area contributed by atoms with Crippen molar-refractivity contribution in [3.8, 4) is 5.13 Å². The molecule has 0 aromatic carbocycles. The van der Waals surface area contributed by atoms with Crippen LogP contribution in [0, 0.1) is 5.92 Å². The molecule has 31 heavy (non-hydrogen) atoms. The third-order valence-corrected chi connectivity index (χ3v) is 7.24. The lowest BCUT2D eigenvalue weighted by atomic mass is 9.97. The van der Waals surface area contributed by atoms with Crippen LogP contribution in [0.1, 0.15) is 32.6 Å². The van der Waals surface area contributed by atoms with E-state index in [0.29, 0.717) is 0 Å². The molecular formula is C22H35N7OS. The lowest BCUT2D eigenvalue weighted by Crippen LogP contribution is -2.47. The molecule has 1 amide bonds. The molecule has 1 atom stereocenters. The minimum atomic E-state index is 0.0327. The van der Waals surface area contributed by atoms with E-state index >= 15 is 0 Å². The average Bonchev–Trinajstić information content (AvgIpc) is 3.50. The van der Waals surface area contributed by atoms with Crippen molar-refractivity contribution < 1.29 is 4.79 Å². The van der Waals surface area contributed by atoms with Crippen LogP contribution in [0.2, 0.25) is 0 Å². The molecule has 2 aliphatic rings. The van der Waals surface area contributed by atoms with Gasteiger partial charge in [-0.2, -0.15) is 0 Å². The van der Waals surface area contributed by atoms with Crippen LogP contribution >= 0.6 is 11.3 Å². The Balaban J connectivity index is 1.17. The molecule has 8 nitrogen and oxygen atoms in total. The summed E-state index contributed by atoms with van der Waals surface area (Å²) >= 11 is 1.58. The lowest BCUT2D eigenvalue weighted by Gasteiger charge is -2.34. The average molecular weight is 446 g/mol. The van der Waals surface area contributed by atoms with Crippen LogP contribution < -0.4 is 10.2 Å². The van der Waals surface area contributed by atoms with E-state index < -0.39 is 0 Å². The molecule has 4 rings (SSSR count). The Bertz CT molecular complexity index is 801. The number of nitrogens with zero attached hydrogens (tertiary/aromatic N) is 6. The molecule has 0 spiro atoms. The minimum absolute atomic E-state index is 0.0327. The van der Waals surface area contributed by atoms with Crippen molar-refractivity contribution in [1.82, 2.24) is 29.9 Å². The van der Waals surface area contributed by atoms with Gasteiger partial charge in [-0.25, -0.2) is 0 Å². The smallest absolute Gasteiger partial charge is 0.224 e. The van der Waals surface area contributed by atoms with E-state index in [0.717, 1.165) is 68.8 Å². The predicted octanol–water partition coefficient (Wildman–Crippen LogP) is 2.08. The second-order valence-electron chi connectivity index (χ2n) is 8.57. The molecule has 4 heterocycles. The fraction of sp³-hybridized carbons (Fsp3) is 0.682. The molecular weight excluding hydrogens is 410 g/mol. The van der Waals surface area contributed by atoms with Gasteiger partial charge in [-0.05, 0) is 50.9 Å². The molecule has 0 radical (unpaired) electrons. The zero-order chi connectivity index (χ0) is 21.5. The molecule has 0 bridgehead atoms. The zero-order valence-electron chi connectivity index (χ0n) is 18.6. The predicted molar refractivity (Wildman–Crippen MR) is 125 cm³/mol. The Labute approximate surface area is 189 Å². The van der Waals surface area contributed by atoms with Crippen molar-refractivity contribution in [2.45, 2.75) is 32.6 Å². The molecule has 9 heteroatoms. The first-order valence-electron chi connectivity index (χ1n) is 11.7. The van der Waals surface area contributed by atoms with Crippen molar-refractivity contribution >= 4 is 22.4 Å². The quantitative estimate of drug-likeness (QED) is 0.596. The van der Waals surface area contributed by atoms with E-state index in [-0.39, 0.29) is 11.8 Å². The summed E-state index contributed by atoms with van der Waals surface area (Å²) in [6, 6.07) is 3.96. The first-order valence-corrected chi connectivity index (χ1v) is 12.5. The topological polar surface area (TPSA) is 69.5 Å². The summed E-state index contributed by atoms with van der Waals surface area (Å²) in [6.07, 6.45) is 8.16. The minimum Gasteiger partial charge on any atom is -0.356 e. The lowest BCUT2D eigenvalue weighted by molar-refractivity contribution is -0.125. The zero-order valence-corrected chi connectivity index (χ0v) is 19.4. The molecule has 170 valence electrons. The number of piperazine rings is 1. The summed E-state index contributed by atoms with van der Waals surface area (Å²) in [4.78, 5) is 20.0. The fourth-order valence-corrected chi connectivity index (χ4v) is 5.33. The van der Waals surface area contributed by atoms with Gasteiger partial charge in [0.25, 0.3) is 0 Å². The standard InChI is InChI=1S/C22H35N7OS/c1-2-9-26-14-16-27(17-15-26)10-6-8-23-20(30)19-7-5-13-29(18-19)22-25-24-21(31-22)28-11-3-4-12-28/h3-4,11-12,19H,2,5-10,13-18H2,1H3,(H,23,30)/t19-/m1/s1. The first-order chi connectivity index (χ1) is 15.2. The largest absolute Gasteiger partial charge is 0.356 e. The monoisotopic (exact) mass is 445 g/mol. The van der Waals surface area contributed by atoms with Gasteiger partial charge in [0.15, 0.2) is 0 Å². The normalized spacial score (nSPS) is 20.8. The highest BCUT2D eigenvalue weighted by Crippen LogP contribution is 2.27. The van der Waals surface area contributed by atoms with Gasteiger partial charge >= 0.3 is 0 Å². The Kier molecular flexibility index (Phi) is 7.93. The summed E-state index contributed by atoms with van der Waals surface area (Å²) in [5, 5.41) is 13.6. The fourth-order valence-electron chi connectivity index (χ4n) is 4.48. The van der Waals surface area contributed by atoms with Gasteiger partial charge < -0.3 is 20.0 Å². The number of piperidine rings is 1. The molecule has 2 aliphatic heterocycles. The van der Waals surface area contributed by atoms with Crippen LogP contribution in [0.15, 0.2) is 24.5 Å². The van der Waals surface area contributed by atoms with Crippen molar-refractivity contribution in [3.05, 3.63) is 24.5 Å². The molecule has 2 aromatic heterocycles. The number of aromatic nitrogens is 3. The Hall–Kier alpha value is -1.97. The number of nitrogens with one attached hydrogen (secondary N) is 1. The maximum Gasteiger partial charge on any atom is 0.224 e. The van der Waals surface area contributed by atoms with Crippen LogP contribution in [0.25, 0.3) is 5.13 Å². The van der Waals surface area contributed by atoms with Gasteiger partial charge in [-0.3, -0.25) is 9.36 Å². The van der Waals surface area contributed by atoms with Crippen molar-refractivity contribution in [2.24, 2.45) is 5.92 Å². The SMILES string of the molecule is CCCN1CCN(CCCNC(=O)[C@@H]2CCCN(c3nnc(-n4cccc4)s3)C2)CC1. The van der Waals surface area contributed by atoms with E-state index in [4.69, 9.17) is 0 Å². The van der Waals surface area contributed by atoms with E-state index in [1.807, 2.05) is 29.1 Å². The number of rotatable bonds is 9. The number of amides is 1. The molecule has 0 unspecified atom stereocenters. The first kappa shape index (κ1) is 22.2. The highest BCUT2D eigenvalue weighted by Gasteiger charge is 2.27. The third-order valence-electron chi connectivity index (χ3n) is 6.25. The van der Waals surface area contributed by atoms with Gasteiger partial charge in [-0.15, -0.1) is 10.2 Å². The van der Waals surface area contributed by atoms with E-state index in [1.54, 1.807) is 11.3 Å². The van der Waals surface area contributed by atoms with E-state index in [1.165, 1.54) is 26.1 Å². The van der Waals surface area contributed by atoms with Crippen molar-refractivity contribution in [2.75, 3.05) is 63.8 Å². The summed E-state index contributed by atoms with van der Waals surface area (Å²) < 4.78 is 1.97. The van der Waals surface area contributed by atoms with Gasteiger partial charge in [-0.1, -0.05) is 18.3 Å². The molecule has 1 N–H and O–H groups in total. The number of hydrogen-bond acceptors (Lipinski definition) is 7. The summed E-state index contributed by atoms with van der Waals surface area (Å²) in [5.74, 6) is 0.220. The van der Waals surface area contributed by atoms with Gasteiger partial charge in [0.2, 0.25) is 16.2 Å². The summed E-state index contributed by atoms with van der Waals surface area (Å²) in [7, 11) is 0. The molecule has 2 saturated heterocycles. The number of hydrogen-bond donors (Lipinski definition) is 1. The second-order valence-corrected chi connectivity index (χ2v) is 9.50. The number of anilines is 1. The summed E-state index contributed by atoms with van der Waals surface area (Å²) in [5.41, 5.74) is 0. The van der Waals surface area contributed by atoms with E-state index in [9.17, 15) is 4.79 Å². The number of carbonyl (C=O) groups excluding carboxylic acids is 1. The van der Waals surface area contributed by atoms with Crippen molar-refractivity contribution in [1.29, 1.82) is 0 Å². The highest BCUT2D eigenvalue weighted by molar-refractivity contribution is 7.17. The molecule has 0 saturated carbocycles. The van der Waals surface area contributed by atoms with Crippen LogP contribution in [-0.2, 0) is 4.79 Å². The number of carbonyl (C=O) groups is 1. The van der Waals surface area contributed by atoms with Gasteiger partial charge in [0.05, 0.1) is 5.92 Å². The Morgan fingerprint density at radius 1 is 1.06 bits per heavy atom. The van der Waals surface area contributed by atoms with E-state index in [2.05, 4.69) is 37.1 Å². The van der Waals surface area contributed by atoms with Crippen LogP contribution in [0.3, 0.4) is 0 Å². The Morgan fingerprint density at radius 2 is 1.77 bits per heavy atom. The maximum absolute atomic E-state index is 12.7. The molecule has 2 aromatic rings. The van der Waals surface area contributed by atoms with Crippen LogP contribution in [-0.4, -0.2) is 89.4 Å². The van der Waals surface area contributed by atoms with Crippen molar-refractivity contribution in [3.63, 3.8) is 0 Å². The summed E-state index contributed by atoms with van der Waals surface area (Å²) in [6.45, 7) is 11.6. The Morgan fingerprint density at radius 3 is 2.52 bits per heavy atom. The highest BCUT2D eigenvalue weighted by atomic mass is 32.1.